The molecule has 1 aromatic carbocycles. The first-order chi connectivity index (χ1) is 17.7. The van der Waals surface area contributed by atoms with Gasteiger partial charge < -0.3 is 14.2 Å². The predicted octanol–water partition coefficient (Wildman–Crippen LogP) is 6.96. The fourth-order valence-electron chi connectivity index (χ4n) is 5.57. The summed E-state index contributed by atoms with van der Waals surface area (Å²) >= 11 is 6.49. The molecule has 6 nitrogen and oxygen atoms in total. The van der Waals surface area contributed by atoms with Gasteiger partial charge in [-0.2, -0.15) is 0 Å². The van der Waals surface area contributed by atoms with Gasteiger partial charge in [-0.3, -0.25) is 4.98 Å². The van der Waals surface area contributed by atoms with Crippen LogP contribution in [-0.2, 0) is 11.3 Å². The van der Waals surface area contributed by atoms with Gasteiger partial charge in [0.2, 0.25) is 0 Å². The second kappa shape index (κ2) is 10.3. The van der Waals surface area contributed by atoms with E-state index in [1.807, 2.05) is 57.3 Å². The average molecular weight is 519 g/mol. The van der Waals surface area contributed by atoms with E-state index in [0.29, 0.717) is 19.0 Å². The molecule has 1 aliphatic carbocycles. The SMILES string of the molecule is Cc1cn(CCC2=Cc3cc(Cl)ccc3C(C3CCN(C(=O)OC(C)(C)C)CC3)c3ncccc32)cn1. The first-order valence-electron chi connectivity index (χ1n) is 13.1. The lowest BCUT2D eigenvalue weighted by Crippen LogP contribution is -2.42. The summed E-state index contributed by atoms with van der Waals surface area (Å²) in [6.07, 6.45) is 10.6. The number of hydrogen-bond donors (Lipinski definition) is 0. The van der Waals surface area contributed by atoms with Gasteiger partial charge in [-0.05, 0) is 93.3 Å². The number of piperidine rings is 1. The Balaban J connectivity index is 1.46. The summed E-state index contributed by atoms with van der Waals surface area (Å²) in [5.41, 5.74) is 6.51. The van der Waals surface area contributed by atoms with E-state index in [4.69, 9.17) is 21.3 Å². The number of carbonyl (C=O) groups is 1. The molecule has 0 saturated carbocycles. The number of imidazole rings is 1. The Morgan fingerprint density at radius 3 is 2.65 bits per heavy atom. The maximum Gasteiger partial charge on any atom is 0.410 e. The molecule has 3 aromatic rings. The largest absolute Gasteiger partial charge is 0.444 e. The predicted molar refractivity (Wildman–Crippen MR) is 148 cm³/mol. The van der Waals surface area contributed by atoms with Gasteiger partial charge in [-0.25, -0.2) is 9.78 Å². The van der Waals surface area contributed by atoms with E-state index in [-0.39, 0.29) is 12.0 Å². The van der Waals surface area contributed by atoms with Crippen LogP contribution in [-0.4, -0.2) is 44.2 Å². The first-order valence-corrected chi connectivity index (χ1v) is 13.5. The van der Waals surface area contributed by atoms with Crippen LogP contribution < -0.4 is 0 Å². The number of allylic oxidation sites excluding steroid dienone is 1. The van der Waals surface area contributed by atoms with Crippen molar-refractivity contribution in [3.05, 3.63) is 82.2 Å². The minimum Gasteiger partial charge on any atom is -0.444 e. The van der Waals surface area contributed by atoms with Crippen molar-refractivity contribution < 1.29 is 9.53 Å². The molecule has 5 rings (SSSR count). The number of likely N-dealkylation sites (tertiary alicyclic amines) is 1. The van der Waals surface area contributed by atoms with E-state index in [1.54, 1.807) is 0 Å². The van der Waals surface area contributed by atoms with Crippen molar-refractivity contribution in [2.75, 3.05) is 13.1 Å². The van der Waals surface area contributed by atoms with Crippen molar-refractivity contribution in [2.24, 2.45) is 5.92 Å². The van der Waals surface area contributed by atoms with Gasteiger partial charge in [0.15, 0.2) is 0 Å². The highest BCUT2D eigenvalue weighted by Gasteiger charge is 2.36. The third kappa shape index (κ3) is 5.74. The molecular formula is C30H35ClN4O2. The zero-order valence-corrected chi connectivity index (χ0v) is 22.8. The monoisotopic (exact) mass is 518 g/mol. The number of aryl methyl sites for hydroxylation is 2. The summed E-state index contributed by atoms with van der Waals surface area (Å²) in [7, 11) is 0. The van der Waals surface area contributed by atoms with Crippen LogP contribution in [0.5, 0.6) is 0 Å². The molecule has 37 heavy (non-hydrogen) atoms. The zero-order valence-electron chi connectivity index (χ0n) is 22.1. The summed E-state index contributed by atoms with van der Waals surface area (Å²) in [5.74, 6) is 0.491. The van der Waals surface area contributed by atoms with Crippen molar-refractivity contribution in [1.29, 1.82) is 0 Å². The van der Waals surface area contributed by atoms with Crippen LogP contribution in [0.4, 0.5) is 4.79 Å². The third-order valence-electron chi connectivity index (χ3n) is 7.26. The van der Waals surface area contributed by atoms with E-state index in [2.05, 4.69) is 40.0 Å². The summed E-state index contributed by atoms with van der Waals surface area (Å²) in [6, 6.07) is 10.5. The zero-order chi connectivity index (χ0) is 26.2. The van der Waals surface area contributed by atoms with Crippen LogP contribution in [0.25, 0.3) is 11.6 Å². The lowest BCUT2D eigenvalue weighted by molar-refractivity contribution is 0.0178. The Bertz CT molecular complexity index is 1320. The summed E-state index contributed by atoms with van der Waals surface area (Å²) < 4.78 is 7.77. The number of amides is 1. The molecule has 0 N–H and O–H groups in total. The number of hydrogen-bond acceptors (Lipinski definition) is 4. The molecule has 194 valence electrons. The van der Waals surface area contributed by atoms with Gasteiger partial charge in [-0.15, -0.1) is 0 Å². The highest BCUT2D eigenvalue weighted by molar-refractivity contribution is 6.30. The van der Waals surface area contributed by atoms with E-state index in [1.165, 1.54) is 16.7 Å². The Labute approximate surface area is 224 Å². The number of pyridine rings is 1. The minimum absolute atomic E-state index is 0.133. The van der Waals surface area contributed by atoms with Gasteiger partial charge in [0, 0.05) is 43.0 Å². The molecule has 1 unspecified atom stereocenters. The molecule has 1 atom stereocenters. The fraction of sp³-hybridized carbons (Fsp3) is 0.433. The van der Waals surface area contributed by atoms with Gasteiger partial charge in [0.05, 0.1) is 17.7 Å². The maximum atomic E-state index is 12.7. The van der Waals surface area contributed by atoms with Crippen LogP contribution >= 0.6 is 11.6 Å². The topological polar surface area (TPSA) is 60.2 Å². The third-order valence-corrected chi connectivity index (χ3v) is 7.49. The summed E-state index contributed by atoms with van der Waals surface area (Å²) in [4.78, 5) is 23.9. The Morgan fingerprint density at radius 1 is 1.16 bits per heavy atom. The quantitative estimate of drug-likeness (QED) is 0.374. The van der Waals surface area contributed by atoms with Crippen molar-refractivity contribution in [1.82, 2.24) is 19.4 Å². The average Bonchev–Trinajstić information content (AvgIpc) is 3.22. The molecule has 1 aliphatic heterocycles. The van der Waals surface area contributed by atoms with Crippen LogP contribution in [0.2, 0.25) is 5.02 Å². The van der Waals surface area contributed by atoms with Gasteiger partial charge in [0.1, 0.15) is 5.60 Å². The number of rotatable bonds is 4. The first kappa shape index (κ1) is 25.5. The second-order valence-electron chi connectivity index (χ2n) is 11.2. The maximum absolute atomic E-state index is 12.7. The smallest absolute Gasteiger partial charge is 0.410 e. The molecule has 0 spiro atoms. The van der Waals surface area contributed by atoms with Crippen LogP contribution in [0.15, 0.2) is 49.1 Å². The van der Waals surface area contributed by atoms with Crippen molar-refractivity contribution in [3.8, 4) is 0 Å². The Hall–Kier alpha value is -3.12. The number of benzene rings is 1. The molecular weight excluding hydrogens is 484 g/mol. The van der Waals surface area contributed by atoms with E-state index >= 15 is 0 Å². The van der Waals surface area contributed by atoms with Crippen LogP contribution in [0.3, 0.4) is 0 Å². The van der Waals surface area contributed by atoms with E-state index < -0.39 is 5.60 Å². The molecule has 7 heteroatoms. The molecule has 0 bridgehead atoms. The number of fused-ring (bicyclic) bond motifs is 2. The van der Waals surface area contributed by atoms with Crippen LogP contribution in [0, 0.1) is 12.8 Å². The van der Waals surface area contributed by atoms with Crippen LogP contribution in [0.1, 0.15) is 74.0 Å². The van der Waals surface area contributed by atoms with Crippen molar-refractivity contribution in [2.45, 2.75) is 65.0 Å². The summed E-state index contributed by atoms with van der Waals surface area (Å²) in [6.45, 7) is 9.95. The number of carbonyl (C=O) groups excluding carboxylic acids is 1. The Morgan fingerprint density at radius 2 is 1.95 bits per heavy atom. The van der Waals surface area contributed by atoms with Gasteiger partial charge >= 0.3 is 6.09 Å². The standard InChI is InChI=1S/C30H35ClN4O2/c1-20-18-34(19-33-20)13-9-22-16-23-17-24(31)7-8-25(23)27(28-26(22)6-5-12-32-28)21-10-14-35(15-11-21)29(36)37-30(2,3)4/h5-8,12,16-19,21,27H,9-11,13-15H2,1-4H3. The van der Waals surface area contributed by atoms with Crippen molar-refractivity contribution in [3.63, 3.8) is 0 Å². The highest BCUT2D eigenvalue weighted by atomic mass is 35.5. The highest BCUT2D eigenvalue weighted by Crippen LogP contribution is 2.45. The lowest BCUT2D eigenvalue weighted by atomic mass is 9.76. The molecule has 2 aromatic heterocycles. The van der Waals surface area contributed by atoms with Gasteiger partial charge in [-0.1, -0.05) is 29.8 Å². The fourth-order valence-corrected chi connectivity index (χ4v) is 5.75. The molecule has 1 fully saturated rings. The number of aromatic nitrogens is 3. The van der Waals surface area contributed by atoms with E-state index in [9.17, 15) is 4.79 Å². The number of halogens is 1. The minimum atomic E-state index is -0.492. The molecule has 3 heterocycles. The molecule has 2 aliphatic rings. The molecule has 1 saturated heterocycles. The van der Waals surface area contributed by atoms with E-state index in [0.717, 1.165) is 47.8 Å². The lowest BCUT2D eigenvalue weighted by Gasteiger charge is -2.37. The normalized spacial score (nSPS) is 18.0. The number of ether oxygens (including phenoxy) is 1. The second-order valence-corrected chi connectivity index (χ2v) is 11.6. The Kier molecular flexibility index (Phi) is 7.13. The number of nitrogens with zero attached hydrogens (tertiary/aromatic N) is 4. The van der Waals surface area contributed by atoms with Crippen molar-refractivity contribution >= 4 is 29.3 Å². The molecule has 0 radical (unpaired) electrons. The molecule has 1 amide bonds. The van der Waals surface area contributed by atoms with Gasteiger partial charge in [0.25, 0.3) is 0 Å². The summed E-state index contributed by atoms with van der Waals surface area (Å²) in [5, 5.41) is 0.733.